The van der Waals surface area contributed by atoms with Crippen molar-refractivity contribution in [3.63, 3.8) is 0 Å². The maximum Gasteiger partial charge on any atom is 0.191 e. The van der Waals surface area contributed by atoms with Gasteiger partial charge in [-0.05, 0) is 71.8 Å². The van der Waals surface area contributed by atoms with Gasteiger partial charge in [-0.15, -0.1) is 0 Å². The summed E-state index contributed by atoms with van der Waals surface area (Å²) in [5.41, 5.74) is 4.55. The largest absolute Gasteiger partial charge is 0.490 e. The molecule has 7 heteroatoms. The number of hydrazone groups is 1. The molecule has 5 nitrogen and oxygen atoms in total. The van der Waals surface area contributed by atoms with E-state index in [0.717, 1.165) is 15.7 Å². The number of anilines is 1. The highest BCUT2D eigenvalue weighted by Crippen LogP contribution is 2.36. The second-order valence-corrected chi connectivity index (χ2v) is 6.15. The molecule has 2 aromatic carbocycles. The molecule has 0 saturated heterocycles. The Balaban J connectivity index is 2.03. The van der Waals surface area contributed by atoms with E-state index in [1.54, 1.807) is 6.21 Å². The number of hydrogen-bond acceptors (Lipinski definition) is 4. The molecule has 0 aliphatic carbocycles. The van der Waals surface area contributed by atoms with Gasteiger partial charge in [-0.2, -0.15) is 5.10 Å². The number of benzene rings is 2. The molecule has 2 N–H and O–H groups in total. The van der Waals surface area contributed by atoms with Crippen LogP contribution in [0.1, 0.15) is 19.4 Å². The average molecular weight is 422 g/mol. The van der Waals surface area contributed by atoms with Crippen LogP contribution in [0.25, 0.3) is 0 Å². The van der Waals surface area contributed by atoms with Gasteiger partial charge in [-0.3, -0.25) is 5.43 Å². The number of nitrogens with one attached hydrogen (secondary N) is 2. The van der Waals surface area contributed by atoms with Crippen LogP contribution in [-0.2, 0) is 0 Å². The van der Waals surface area contributed by atoms with E-state index in [0.29, 0.717) is 29.8 Å². The predicted molar refractivity (Wildman–Crippen MR) is 110 cm³/mol. The zero-order valence-corrected chi connectivity index (χ0v) is 16.5. The van der Waals surface area contributed by atoms with Crippen LogP contribution >= 0.6 is 28.1 Å². The lowest BCUT2D eigenvalue weighted by atomic mass is 10.2. The molecule has 2 rings (SSSR count). The molecule has 0 heterocycles. The van der Waals surface area contributed by atoms with Gasteiger partial charge in [0.25, 0.3) is 0 Å². The lowest BCUT2D eigenvalue weighted by Crippen LogP contribution is -2.23. The number of halogens is 1. The van der Waals surface area contributed by atoms with Crippen LogP contribution in [0.2, 0.25) is 0 Å². The van der Waals surface area contributed by atoms with E-state index in [-0.39, 0.29) is 0 Å². The fourth-order valence-corrected chi connectivity index (χ4v) is 2.80. The number of hydrogen-bond donors (Lipinski definition) is 2. The van der Waals surface area contributed by atoms with Crippen molar-refractivity contribution in [3.05, 3.63) is 52.5 Å². The maximum atomic E-state index is 5.64. The summed E-state index contributed by atoms with van der Waals surface area (Å²) >= 11 is 8.72. The van der Waals surface area contributed by atoms with Crippen LogP contribution in [0.15, 0.2) is 52.0 Å². The third-order valence-electron chi connectivity index (χ3n) is 3.03. The molecule has 25 heavy (non-hydrogen) atoms. The highest BCUT2D eigenvalue weighted by Gasteiger charge is 2.11. The van der Waals surface area contributed by atoms with Crippen LogP contribution < -0.4 is 20.2 Å². The van der Waals surface area contributed by atoms with E-state index in [1.807, 2.05) is 56.3 Å². The topological polar surface area (TPSA) is 54.9 Å². The van der Waals surface area contributed by atoms with E-state index in [2.05, 4.69) is 31.8 Å². The van der Waals surface area contributed by atoms with Gasteiger partial charge in [0.2, 0.25) is 0 Å². The molecule has 2 aromatic rings. The number of nitrogens with zero attached hydrogens (tertiary/aromatic N) is 1. The Labute approximate surface area is 161 Å². The lowest BCUT2D eigenvalue weighted by Gasteiger charge is -2.13. The summed E-state index contributed by atoms with van der Waals surface area (Å²) in [6.07, 6.45) is 1.67. The normalized spacial score (nSPS) is 10.5. The van der Waals surface area contributed by atoms with Gasteiger partial charge in [0.15, 0.2) is 16.6 Å². The number of rotatable bonds is 7. The van der Waals surface area contributed by atoms with Gasteiger partial charge >= 0.3 is 0 Å². The van der Waals surface area contributed by atoms with Crippen molar-refractivity contribution in [2.24, 2.45) is 5.10 Å². The van der Waals surface area contributed by atoms with E-state index in [4.69, 9.17) is 21.7 Å². The molecule has 0 spiro atoms. The molecule has 0 amide bonds. The lowest BCUT2D eigenvalue weighted by molar-refractivity contribution is 0.286. The summed E-state index contributed by atoms with van der Waals surface area (Å²) in [6.45, 7) is 4.98. The summed E-state index contributed by atoms with van der Waals surface area (Å²) in [6, 6.07) is 13.4. The molecule has 0 aromatic heterocycles. The van der Waals surface area contributed by atoms with Crippen LogP contribution in [0.5, 0.6) is 11.5 Å². The molecule has 0 aliphatic heterocycles. The fourth-order valence-electron chi connectivity index (χ4n) is 2.06. The summed E-state index contributed by atoms with van der Waals surface area (Å²) in [7, 11) is 0. The van der Waals surface area contributed by atoms with E-state index >= 15 is 0 Å². The molecular formula is C18H20BrN3O2S. The highest BCUT2D eigenvalue weighted by molar-refractivity contribution is 9.10. The number of para-hydroxylation sites is 1. The Bertz CT molecular complexity index is 739. The van der Waals surface area contributed by atoms with Gasteiger partial charge in [0.05, 0.1) is 23.9 Å². The van der Waals surface area contributed by atoms with E-state index in [9.17, 15) is 0 Å². The summed E-state index contributed by atoms with van der Waals surface area (Å²) in [5.74, 6) is 1.36. The van der Waals surface area contributed by atoms with Crippen molar-refractivity contribution in [2.45, 2.75) is 13.8 Å². The van der Waals surface area contributed by atoms with Crippen LogP contribution in [0.4, 0.5) is 5.69 Å². The van der Waals surface area contributed by atoms with Gasteiger partial charge < -0.3 is 14.8 Å². The smallest absolute Gasteiger partial charge is 0.191 e. The monoisotopic (exact) mass is 421 g/mol. The zero-order chi connectivity index (χ0) is 18.1. The Morgan fingerprint density at radius 3 is 2.56 bits per heavy atom. The van der Waals surface area contributed by atoms with E-state index < -0.39 is 0 Å². The summed E-state index contributed by atoms with van der Waals surface area (Å²) in [5, 5.41) is 7.62. The van der Waals surface area contributed by atoms with Gasteiger partial charge in [-0.1, -0.05) is 18.2 Å². The Kier molecular flexibility index (Phi) is 7.69. The van der Waals surface area contributed by atoms with Crippen molar-refractivity contribution < 1.29 is 9.47 Å². The van der Waals surface area contributed by atoms with Gasteiger partial charge in [0, 0.05) is 5.69 Å². The quantitative estimate of drug-likeness (QED) is 0.389. The zero-order valence-electron chi connectivity index (χ0n) is 14.1. The second-order valence-electron chi connectivity index (χ2n) is 4.89. The second kappa shape index (κ2) is 10.0. The standard InChI is InChI=1S/C18H20BrN3O2S/c1-3-23-16-11-13(10-15(19)17(16)24-4-2)12-20-22-18(25)21-14-8-6-5-7-9-14/h5-12H,3-4H2,1-2H3,(H2,21,22,25)/b20-12+. The SMILES string of the molecule is CCOc1cc(/C=N/NC(=S)Nc2ccccc2)cc(Br)c1OCC. The minimum Gasteiger partial charge on any atom is -0.490 e. The third kappa shape index (κ3) is 6.03. The van der Waals surface area contributed by atoms with Crippen molar-refractivity contribution in [1.82, 2.24) is 5.43 Å². The van der Waals surface area contributed by atoms with Crippen LogP contribution in [-0.4, -0.2) is 24.5 Å². The molecule has 0 fully saturated rings. The Hall–Kier alpha value is -2.12. The van der Waals surface area contributed by atoms with Gasteiger partial charge in [0.1, 0.15) is 0 Å². The third-order valence-corrected chi connectivity index (χ3v) is 3.81. The Morgan fingerprint density at radius 1 is 1.16 bits per heavy atom. The van der Waals surface area contributed by atoms with Crippen LogP contribution in [0.3, 0.4) is 0 Å². The number of thiocarbonyl (C=S) groups is 1. The van der Waals surface area contributed by atoms with Crippen molar-refractivity contribution in [1.29, 1.82) is 0 Å². The summed E-state index contributed by atoms with van der Waals surface area (Å²) < 4.78 is 12.1. The molecule has 0 unspecified atom stereocenters. The molecule has 0 bridgehead atoms. The number of ether oxygens (including phenoxy) is 2. The minimum atomic E-state index is 0.414. The molecule has 0 atom stereocenters. The van der Waals surface area contributed by atoms with Crippen molar-refractivity contribution >= 4 is 45.2 Å². The van der Waals surface area contributed by atoms with Crippen LogP contribution in [0, 0.1) is 0 Å². The predicted octanol–water partition coefficient (Wildman–Crippen LogP) is 4.57. The first kappa shape index (κ1) is 19.2. The molecule has 0 aliphatic rings. The first-order valence-electron chi connectivity index (χ1n) is 7.88. The fraction of sp³-hybridized carbons (Fsp3) is 0.222. The van der Waals surface area contributed by atoms with E-state index in [1.165, 1.54) is 0 Å². The molecular weight excluding hydrogens is 402 g/mol. The first-order valence-corrected chi connectivity index (χ1v) is 9.08. The van der Waals surface area contributed by atoms with Crippen molar-refractivity contribution in [3.8, 4) is 11.5 Å². The highest BCUT2D eigenvalue weighted by atomic mass is 79.9. The van der Waals surface area contributed by atoms with Gasteiger partial charge in [-0.25, -0.2) is 0 Å². The maximum absolute atomic E-state index is 5.64. The first-order chi connectivity index (χ1) is 12.1. The molecule has 132 valence electrons. The average Bonchev–Trinajstić information content (AvgIpc) is 2.59. The van der Waals surface area contributed by atoms with Crippen molar-refractivity contribution in [2.75, 3.05) is 18.5 Å². The molecule has 0 saturated carbocycles. The minimum absolute atomic E-state index is 0.414. The Morgan fingerprint density at radius 2 is 1.88 bits per heavy atom. The molecule has 0 radical (unpaired) electrons. The summed E-state index contributed by atoms with van der Waals surface area (Å²) in [4.78, 5) is 0.